The number of hydrogen-bond donors (Lipinski definition) is 1. The quantitative estimate of drug-likeness (QED) is 0.529. The highest BCUT2D eigenvalue weighted by Gasteiger charge is 2.30. The Kier molecular flexibility index (Phi) is 7.05. The molecule has 1 atom stereocenters. The van der Waals surface area contributed by atoms with Crippen molar-refractivity contribution in [3.8, 4) is 0 Å². The molecule has 0 radical (unpaired) electrons. The van der Waals surface area contributed by atoms with Gasteiger partial charge in [-0.05, 0) is 62.8 Å². The molecule has 5 heterocycles. The molecule has 0 aliphatic carbocycles. The van der Waals surface area contributed by atoms with E-state index in [4.69, 9.17) is 4.98 Å². The van der Waals surface area contributed by atoms with Crippen LogP contribution in [0.25, 0.3) is 11.2 Å². The van der Waals surface area contributed by atoms with Gasteiger partial charge in [-0.2, -0.15) is 4.31 Å². The van der Waals surface area contributed by atoms with Crippen molar-refractivity contribution in [1.82, 2.24) is 23.8 Å². The molecule has 10 nitrogen and oxygen atoms in total. The first kappa shape index (κ1) is 25.2. The number of piperidine rings is 2. The lowest BCUT2D eigenvalue weighted by molar-refractivity contribution is -0.120. The molecule has 1 amide bonds. The van der Waals surface area contributed by atoms with Gasteiger partial charge in [0, 0.05) is 44.8 Å². The van der Waals surface area contributed by atoms with Gasteiger partial charge in [-0.15, -0.1) is 0 Å². The van der Waals surface area contributed by atoms with Crippen molar-refractivity contribution in [2.24, 2.45) is 5.92 Å². The van der Waals surface area contributed by atoms with Crippen LogP contribution >= 0.6 is 0 Å². The fourth-order valence-electron chi connectivity index (χ4n) is 5.95. The number of carbonyl (C=O) groups is 1. The van der Waals surface area contributed by atoms with Gasteiger partial charge in [0.05, 0.1) is 10.8 Å². The number of aryl methyl sites for hydroxylation is 2. The van der Waals surface area contributed by atoms with Crippen molar-refractivity contribution in [1.29, 1.82) is 0 Å². The highest BCUT2D eigenvalue weighted by Crippen LogP contribution is 2.30. The molecule has 3 aliphatic rings. The topological polar surface area (TPSA) is 113 Å². The van der Waals surface area contributed by atoms with Gasteiger partial charge in [-0.25, -0.2) is 23.4 Å². The van der Waals surface area contributed by atoms with E-state index in [1.807, 2.05) is 0 Å². The maximum Gasteiger partial charge on any atom is 0.243 e. The van der Waals surface area contributed by atoms with Crippen molar-refractivity contribution in [2.75, 3.05) is 36.4 Å². The lowest BCUT2D eigenvalue weighted by Crippen LogP contribution is -2.41. The number of sulfonamides is 1. The van der Waals surface area contributed by atoms with Crippen molar-refractivity contribution < 1.29 is 13.2 Å². The molecule has 0 saturated carbocycles. The van der Waals surface area contributed by atoms with Gasteiger partial charge in [0.15, 0.2) is 17.0 Å². The minimum absolute atomic E-state index is 0.0627. The normalized spacial score (nSPS) is 21.2. The average molecular weight is 538 g/mol. The maximum atomic E-state index is 13.2. The molecule has 2 fully saturated rings. The number of hydrogen-bond acceptors (Lipinski definition) is 7. The van der Waals surface area contributed by atoms with Crippen LogP contribution in [0.2, 0.25) is 0 Å². The molecule has 1 N–H and O–H groups in total. The second kappa shape index (κ2) is 10.6. The van der Waals surface area contributed by atoms with Crippen LogP contribution in [0.1, 0.15) is 57.2 Å². The van der Waals surface area contributed by atoms with E-state index < -0.39 is 10.0 Å². The number of anilines is 2. The second-order valence-electron chi connectivity index (χ2n) is 10.6. The number of carbonyl (C=O) groups excluding carboxylic acids is 1. The largest absolute Gasteiger partial charge is 0.354 e. The SMILES string of the molecule is O=C(Nc1ccc(S(=O)(=O)N2CCCCC2)cc1)C1CCCN(c2ncnc3c2nc2n3CCCCC2)C1. The lowest BCUT2D eigenvalue weighted by Gasteiger charge is -2.32. The first-order valence-electron chi connectivity index (χ1n) is 13.9. The Hall–Kier alpha value is -3.05. The van der Waals surface area contributed by atoms with Crippen molar-refractivity contribution in [3.05, 3.63) is 36.4 Å². The molecule has 1 aromatic carbocycles. The smallest absolute Gasteiger partial charge is 0.243 e. The Morgan fingerprint density at radius 2 is 1.66 bits per heavy atom. The van der Waals surface area contributed by atoms with Crippen LogP contribution < -0.4 is 10.2 Å². The number of amides is 1. The highest BCUT2D eigenvalue weighted by molar-refractivity contribution is 7.89. The van der Waals surface area contributed by atoms with E-state index in [1.54, 1.807) is 34.9 Å². The summed E-state index contributed by atoms with van der Waals surface area (Å²) in [5.41, 5.74) is 2.32. The zero-order valence-corrected chi connectivity index (χ0v) is 22.5. The van der Waals surface area contributed by atoms with Crippen LogP contribution in [0, 0.1) is 5.92 Å². The van der Waals surface area contributed by atoms with Gasteiger partial charge in [0.25, 0.3) is 0 Å². The Bertz CT molecular complexity index is 1410. The fraction of sp³-hybridized carbons (Fsp3) is 0.556. The number of nitrogens with zero attached hydrogens (tertiary/aromatic N) is 6. The van der Waals surface area contributed by atoms with Gasteiger partial charge >= 0.3 is 0 Å². The summed E-state index contributed by atoms with van der Waals surface area (Å²) in [7, 11) is -3.49. The lowest BCUT2D eigenvalue weighted by atomic mass is 9.97. The minimum atomic E-state index is -3.49. The number of aromatic nitrogens is 4. The van der Waals surface area contributed by atoms with E-state index in [0.29, 0.717) is 25.3 Å². The second-order valence-corrected chi connectivity index (χ2v) is 12.6. The zero-order valence-electron chi connectivity index (χ0n) is 21.7. The first-order valence-corrected chi connectivity index (χ1v) is 15.3. The molecule has 202 valence electrons. The zero-order chi connectivity index (χ0) is 26.1. The van der Waals surface area contributed by atoms with Crippen LogP contribution in [0.4, 0.5) is 11.5 Å². The third kappa shape index (κ3) is 4.89. The summed E-state index contributed by atoms with van der Waals surface area (Å²) in [5, 5.41) is 3.00. The van der Waals surface area contributed by atoms with Crippen LogP contribution in [0.5, 0.6) is 0 Å². The Morgan fingerprint density at radius 3 is 2.47 bits per heavy atom. The first-order chi connectivity index (χ1) is 18.5. The van der Waals surface area contributed by atoms with Gasteiger partial charge in [-0.3, -0.25) is 4.79 Å². The Morgan fingerprint density at radius 1 is 0.895 bits per heavy atom. The standard InChI is InChI=1S/C27H35N7O3S/c35-27(30-21-10-12-22(13-11-21)38(36,37)33-15-4-2-5-16-33)20-8-7-14-32(18-20)25-24-26(29-19-28-25)34-17-6-1-3-9-23(34)31-24/h10-13,19-20H,1-9,14-18H2,(H,30,35). The summed E-state index contributed by atoms with van der Waals surface area (Å²) in [6.45, 7) is 3.45. The predicted octanol–water partition coefficient (Wildman–Crippen LogP) is 3.58. The average Bonchev–Trinajstić information content (AvgIpc) is 3.14. The molecular weight excluding hydrogens is 502 g/mol. The summed E-state index contributed by atoms with van der Waals surface area (Å²) in [6.07, 6.45) is 10.6. The number of rotatable bonds is 5. The molecule has 38 heavy (non-hydrogen) atoms. The van der Waals surface area contributed by atoms with Gasteiger partial charge in [-0.1, -0.05) is 12.8 Å². The van der Waals surface area contributed by atoms with Crippen LogP contribution in [0.15, 0.2) is 35.5 Å². The van der Waals surface area contributed by atoms with E-state index in [1.165, 1.54) is 6.42 Å². The molecule has 3 aliphatic heterocycles. The van der Waals surface area contributed by atoms with Crippen molar-refractivity contribution in [3.63, 3.8) is 0 Å². The summed E-state index contributed by atoms with van der Waals surface area (Å²) in [6, 6.07) is 6.54. The van der Waals surface area contributed by atoms with Gasteiger partial charge in [0.2, 0.25) is 15.9 Å². The number of imidazole rings is 1. The van der Waals surface area contributed by atoms with Crippen molar-refractivity contribution in [2.45, 2.75) is 69.2 Å². The van der Waals surface area contributed by atoms with E-state index in [-0.39, 0.29) is 16.7 Å². The molecule has 1 unspecified atom stereocenters. The van der Waals surface area contributed by atoms with E-state index in [0.717, 1.165) is 87.3 Å². The summed E-state index contributed by atoms with van der Waals surface area (Å²) < 4.78 is 29.7. The number of fused-ring (bicyclic) bond motifs is 3. The van der Waals surface area contributed by atoms with Crippen LogP contribution in [-0.2, 0) is 27.8 Å². The Labute approximate surface area is 223 Å². The van der Waals surface area contributed by atoms with Gasteiger partial charge in [0.1, 0.15) is 12.2 Å². The maximum absolute atomic E-state index is 13.2. The molecule has 6 rings (SSSR count). The number of benzene rings is 1. The summed E-state index contributed by atoms with van der Waals surface area (Å²) in [4.78, 5) is 29.7. The molecule has 2 aromatic heterocycles. The monoisotopic (exact) mass is 537 g/mol. The highest BCUT2D eigenvalue weighted by atomic mass is 32.2. The number of nitrogens with one attached hydrogen (secondary N) is 1. The molecule has 11 heteroatoms. The summed E-state index contributed by atoms with van der Waals surface area (Å²) >= 11 is 0. The fourth-order valence-corrected chi connectivity index (χ4v) is 7.47. The van der Waals surface area contributed by atoms with Crippen LogP contribution in [-0.4, -0.2) is 64.3 Å². The molecular formula is C27H35N7O3S. The van der Waals surface area contributed by atoms with Crippen molar-refractivity contribution >= 4 is 38.6 Å². The van der Waals surface area contributed by atoms with E-state index >= 15 is 0 Å². The molecule has 3 aromatic rings. The van der Waals surface area contributed by atoms with Gasteiger partial charge < -0.3 is 14.8 Å². The van der Waals surface area contributed by atoms with E-state index in [2.05, 4.69) is 24.8 Å². The minimum Gasteiger partial charge on any atom is -0.354 e. The predicted molar refractivity (Wildman–Crippen MR) is 145 cm³/mol. The Balaban J connectivity index is 1.15. The molecule has 0 bridgehead atoms. The molecule has 0 spiro atoms. The third-order valence-corrected chi connectivity index (χ3v) is 9.95. The molecule has 2 saturated heterocycles. The third-order valence-electron chi connectivity index (χ3n) is 8.04. The van der Waals surface area contributed by atoms with E-state index in [9.17, 15) is 13.2 Å². The van der Waals surface area contributed by atoms with Crippen LogP contribution in [0.3, 0.4) is 0 Å². The summed E-state index contributed by atoms with van der Waals surface area (Å²) in [5.74, 6) is 1.62.